The summed E-state index contributed by atoms with van der Waals surface area (Å²) in [5.74, 6) is 4.53. The third kappa shape index (κ3) is 2.74. The van der Waals surface area contributed by atoms with Gasteiger partial charge in [0, 0.05) is 13.0 Å². The number of ketones is 1. The maximum atomic E-state index is 12.0. The van der Waals surface area contributed by atoms with Gasteiger partial charge in [0.1, 0.15) is 0 Å². The summed E-state index contributed by atoms with van der Waals surface area (Å²) in [5, 5.41) is 9.24. The Kier molecular flexibility index (Phi) is 4.87. The van der Waals surface area contributed by atoms with Crippen molar-refractivity contribution in [2.75, 3.05) is 6.61 Å². The number of fused-ring (bicyclic) bond motifs is 5. The molecule has 0 spiro atoms. The van der Waals surface area contributed by atoms with Crippen LogP contribution in [0, 0.1) is 40.4 Å². The summed E-state index contributed by atoms with van der Waals surface area (Å²) in [4.78, 5) is 12.0. The molecule has 4 aliphatic rings. The molecule has 3 fully saturated rings. The number of hydrogen-bond donors (Lipinski definition) is 1. The SMILES string of the molecule is C[C@@H](CCCO)[C@@H]1CC[C@@H]2[C@H]3CCC4=CC(=O)CC[C@]4(C)[C@@H]3CC[C@@]21C. The molecule has 0 amide bonds. The zero-order chi connectivity index (χ0) is 18.5. The number of carbonyl (C=O) groups excluding carboxylic acids is 1. The highest BCUT2D eigenvalue weighted by molar-refractivity contribution is 5.91. The largest absolute Gasteiger partial charge is 0.396 e. The molecule has 3 saturated carbocycles. The zero-order valence-corrected chi connectivity index (χ0v) is 17.1. The average Bonchev–Trinajstić information content (AvgIpc) is 2.97. The van der Waals surface area contributed by atoms with Crippen LogP contribution in [0.2, 0.25) is 0 Å². The van der Waals surface area contributed by atoms with Crippen molar-refractivity contribution >= 4 is 5.78 Å². The van der Waals surface area contributed by atoms with E-state index in [1.807, 2.05) is 6.08 Å². The number of allylic oxidation sites excluding steroid dienone is 1. The Balaban J connectivity index is 1.56. The van der Waals surface area contributed by atoms with E-state index in [0.29, 0.717) is 23.2 Å². The van der Waals surface area contributed by atoms with Crippen molar-refractivity contribution in [1.29, 1.82) is 0 Å². The lowest BCUT2D eigenvalue weighted by molar-refractivity contribution is -0.117. The van der Waals surface area contributed by atoms with Crippen LogP contribution in [0.1, 0.15) is 85.0 Å². The maximum Gasteiger partial charge on any atom is 0.155 e. The Bertz CT molecular complexity index is 593. The molecule has 0 aromatic carbocycles. The van der Waals surface area contributed by atoms with Gasteiger partial charge in [-0.2, -0.15) is 0 Å². The van der Waals surface area contributed by atoms with Gasteiger partial charge in [0.15, 0.2) is 5.78 Å². The van der Waals surface area contributed by atoms with Gasteiger partial charge in [-0.15, -0.1) is 0 Å². The zero-order valence-electron chi connectivity index (χ0n) is 17.1. The Morgan fingerprint density at radius 2 is 1.92 bits per heavy atom. The van der Waals surface area contributed by atoms with E-state index >= 15 is 0 Å². The number of aliphatic hydroxyl groups is 1. The number of rotatable bonds is 4. The molecule has 4 rings (SSSR count). The standard InChI is InChI=1S/C24H38O2/c1-16(5-4-14-25)20-8-9-21-19-7-6-17-15-18(26)10-12-23(17,2)22(19)11-13-24(20,21)3/h15-16,19-22,25H,4-14H2,1-3H3/t16-,19+,20-,21+,22+,23-,24+/m0/s1. The summed E-state index contributed by atoms with van der Waals surface area (Å²) in [6.07, 6.45) is 14.1. The highest BCUT2D eigenvalue weighted by Gasteiger charge is 2.59. The van der Waals surface area contributed by atoms with Crippen LogP contribution in [-0.4, -0.2) is 17.5 Å². The second kappa shape index (κ2) is 6.76. The smallest absolute Gasteiger partial charge is 0.155 e. The number of carbonyl (C=O) groups is 1. The molecule has 0 aromatic rings. The Morgan fingerprint density at radius 1 is 1.12 bits per heavy atom. The minimum absolute atomic E-state index is 0.304. The minimum Gasteiger partial charge on any atom is -0.396 e. The van der Waals surface area contributed by atoms with Crippen molar-refractivity contribution in [2.45, 2.75) is 85.0 Å². The van der Waals surface area contributed by atoms with Crippen LogP contribution in [0.4, 0.5) is 0 Å². The van der Waals surface area contributed by atoms with Gasteiger partial charge in [-0.25, -0.2) is 0 Å². The van der Waals surface area contributed by atoms with E-state index in [1.54, 1.807) is 0 Å². The first-order valence-corrected chi connectivity index (χ1v) is 11.2. The van der Waals surface area contributed by atoms with Crippen LogP contribution < -0.4 is 0 Å². The van der Waals surface area contributed by atoms with Crippen molar-refractivity contribution in [2.24, 2.45) is 40.4 Å². The molecular formula is C24H38O2. The van der Waals surface area contributed by atoms with Crippen molar-refractivity contribution in [1.82, 2.24) is 0 Å². The third-order valence-electron chi connectivity index (χ3n) is 9.54. The van der Waals surface area contributed by atoms with Crippen LogP contribution in [0.25, 0.3) is 0 Å². The molecule has 0 aliphatic heterocycles. The molecule has 1 N–H and O–H groups in total. The Hall–Kier alpha value is -0.630. The van der Waals surface area contributed by atoms with Crippen LogP contribution in [0.3, 0.4) is 0 Å². The second-order valence-electron chi connectivity index (χ2n) is 10.5. The van der Waals surface area contributed by atoms with Crippen LogP contribution in [0.15, 0.2) is 11.6 Å². The summed E-state index contributed by atoms with van der Waals surface area (Å²) in [6, 6.07) is 0. The van der Waals surface area contributed by atoms with Gasteiger partial charge in [-0.05, 0) is 104 Å². The Morgan fingerprint density at radius 3 is 2.69 bits per heavy atom. The molecule has 0 heterocycles. The monoisotopic (exact) mass is 358 g/mol. The van der Waals surface area contributed by atoms with E-state index in [-0.39, 0.29) is 0 Å². The van der Waals surface area contributed by atoms with Crippen molar-refractivity contribution in [3.05, 3.63) is 11.6 Å². The van der Waals surface area contributed by atoms with Gasteiger partial charge >= 0.3 is 0 Å². The first kappa shape index (κ1) is 18.7. The van der Waals surface area contributed by atoms with E-state index in [1.165, 1.54) is 50.5 Å². The van der Waals surface area contributed by atoms with Crippen LogP contribution >= 0.6 is 0 Å². The lowest BCUT2D eigenvalue weighted by Gasteiger charge is -2.58. The fraction of sp³-hybridized carbons (Fsp3) is 0.875. The van der Waals surface area contributed by atoms with E-state index < -0.39 is 0 Å². The minimum atomic E-state index is 0.304. The molecular weight excluding hydrogens is 320 g/mol. The summed E-state index contributed by atoms with van der Waals surface area (Å²) < 4.78 is 0. The van der Waals surface area contributed by atoms with E-state index in [2.05, 4.69) is 20.8 Å². The molecule has 0 bridgehead atoms. The van der Waals surface area contributed by atoms with Gasteiger partial charge in [-0.3, -0.25) is 4.79 Å². The molecule has 26 heavy (non-hydrogen) atoms. The maximum absolute atomic E-state index is 12.0. The van der Waals surface area contributed by atoms with Gasteiger partial charge < -0.3 is 5.11 Å². The lowest BCUT2D eigenvalue weighted by Crippen LogP contribution is -2.50. The van der Waals surface area contributed by atoms with Crippen LogP contribution in [-0.2, 0) is 4.79 Å². The first-order chi connectivity index (χ1) is 12.4. The molecule has 4 aliphatic carbocycles. The topological polar surface area (TPSA) is 37.3 Å². The summed E-state index contributed by atoms with van der Waals surface area (Å²) >= 11 is 0. The van der Waals surface area contributed by atoms with Gasteiger partial charge in [0.25, 0.3) is 0 Å². The summed E-state index contributed by atoms with van der Waals surface area (Å²) in [7, 11) is 0. The second-order valence-corrected chi connectivity index (χ2v) is 10.5. The third-order valence-corrected chi connectivity index (χ3v) is 9.54. The van der Waals surface area contributed by atoms with Crippen molar-refractivity contribution in [3.8, 4) is 0 Å². The van der Waals surface area contributed by atoms with E-state index in [4.69, 9.17) is 0 Å². The quantitative estimate of drug-likeness (QED) is 0.716. The predicted molar refractivity (Wildman–Crippen MR) is 106 cm³/mol. The molecule has 0 radical (unpaired) electrons. The van der Waals surface area contributed by atoms with Crippen molar-refractivity contribution < 1.29 is 9.90 Å². The van der Waals surface area contributed by atoms with Gasteiger partial charge in [0.2, 0.25) is 0 Å². The van der Waals surface area contributed by atoms with Gasteiger partial charge in [-0.1, -0.05) is 26.3 Å². The van der Waals surface area contributed by atoms with Crippen LogP contribution in [0.5, 0.6) is 0 Å². The fourth-order valence-electron chi connectivity index (χ4n) is 8.15. The number of aliphatic hydroxyl groups excluding tert-OH is 1. The molecule has 146 valence electrons. The summed E-state index contributed by atoms with van der Waals surface area (Å²) in [6.45, 7) is 7.88. The molecule has 2 nitrogen and oxygen atoms in total. The molecule has 0 saturated heterocycles. The normalized spacial score (nSPS) is 46.2. The molecule has 0 unspecified atom stereocenters. The highest BCUT2D eigenvalue weighted by atomic mass is 16.2. The predicted octanol–water partition coefficient (Wildman–Crippen LogP) is 5.54. The molecule has 0 aromatic heterocycles. The average molecular weight is 359 g/mol. The lowest BCUT2D eigenvalue weighted by atomic mass is 9.46. The Labute approximate surface area is 159 Å². The van der Waals surface area contributed by atoms with E-state index in [0.717, 1.165) is 48.9 Å². The molecule has 7 atom stereocenters. The summed E-state index contributed by atoms with van der Waals surface area (Å²) in [5.41, 5.74) is 2.31. The number of hydrogen-bond acceptors (Lipinski definition) is 2. The van der Waals surface area contributed by atoms with Gasteiger partial charge in [0.05, 0.1) is 0 Å². The van der Waals surface area contributed by atoms with E-state index in [9.17, 15) is 9.90 Å². The first-order valence-electron chi connectivity index (χ1n) is 11.2. The molecule has 2 heteroatoms. The fourth-order valence-corrected chi connectivity index (χ4v) is 8.15. The highest BCUT2D eigenvalue weighted by Crippen LogP contribution is 2.67. The van der Waals surface area contributed by atoms with Crippen molar-refractivity contribution in [3.63, 3.8) is 0 Å².